The van der Waals surface area contributed by atoms with Crippen LogP contribution in [0.3, 0.4) is 0 Å². The highest BCUT2D eigenvalue weighted by atomic mass is 79.9. The van der Waals surface area contributed by atoms with E-state index in [1.165, 1.54) is 0 Å². The van der Waals surface area contributed by atoms with Crippen LogP contribution in [0.4, 0.5) is 0 Å². The van der Waals surface area contributed by atoms with Crippen molar-refractivity contribution in [3.63, 3.8) is 0 Å². The number of carbonyl (C=O) groups excluding carboxylic acids is 1. The van der Waals surface area contributed by atoms with Gasteiger partial charge in [-0.3, -0.25) is 4.79 Å². The molecule has 0 fully saturated rings. The maximum absolute atomic E-state index is 13.5. The van der Waals surface area contributed by atoms with E-state index in [1.807, 2.05) is 30.9 Å². The third-order valence-electron chi connectivity index (χ3n) is 5.98. The first kappa shape index (κ1) is 25.1. The van der Waals surface area contributed by atoms with Crippen molar-refractivity contribution in [2.75, 3.05) is 33.5 Å². The number of Topliss-reactive ketones (excluding diaryl/α,β-unsaturated/α-hetero) is 1. The minimum Gasteiger partial charge on any atom is -0.490 e. The number of hydrogen-bond donors (Lipinski definition) is 1. The number of nitriles is 1. The van der Waals surface area contributed by atoms with Gasteiger partial charge in [-0.15, -0.1) is 0 Å². The van der Waals surface area contributed by atoms with Crippen molar-refractivity contribution in [3.8, 4) is 17.6 Å². The Balaban J connectivity index is 2.26. The molecule has 1 aliphatic carbocycles. The van der Waals surface area contributed by atoms with Crippen LogP contribution in [0.25, 0.3) is 0 Å². The van der Waals surface area contributed by atoms with Crippen LogP contribution in [-0.2, 0) is 9.53 Å². The lowest BCUT2D eigenvalue weighted by atomic mass is 9.68. The van der Waals surface area contributed by atoms with Crippen LogP contribution in [0.15, 0.2) is 39.3 Å². The molecule has 1 atom stereocenters. The standard InChI is InChI=1S/C25H32BrN3O4/c1-6-32-20-10-15(17(26)11-21(20)33-7-2)22-16(14-27)24(28)29(8-9-31-5)18-12-25(3,4)13-19(30)23(18)22/h10-11,22H,6-9,12-13,28H2,1-5H3/t22-/m1/s1. The third kappa shape index (κ3) is 4.90. The van der Waals surface area contributed by atoms with Crippen LogP contribution < -0.4 is 15.2 Å². The third-order valence-corrected chi connectivity index (χ3v) is 6.67. The molecule has 2 N–H and O–H groups in total. The lowest BCUT2D eigenvalue weighted by Gasteiger charge is -2.44. The number of halogens is 1. The Kier molecular flexibility index (Phi) is 7.76. The number of allylic oxidation sites excluding steroid dienone is 3. The van der Waals surface area contributed by atoms with Crippen molar-refractivity contribution in [1.82, 2.24) is 4.90 Å². The zero-order valence-corrected chi connectivity index (χ0v) is 21.5. The molecule has 178 valence electrons. The Labute approximate surface area is 204 Å². The molecule has 0 bridgehead atoms. The Morgan fingerprint density at radius 2 is 1.85 bits per heavy atom. The molecule has 1 heterocycles. The molecule has 1 aromatic rings. The largest absolute Gasteiger partial charge is 0.490 e. The molecular formula is C25H32BrN3O4. The fourth-order valence-electron chi connectivity index (χ4n) is 4.63. The summed E-state index contributed by atoms with van der Waals surface area (Å²) in [5, 5.41) is 10.2. The van der Waals surface area contributed by atoms with Crippen LogP contribution in [0.2, 0.25) is 0 Å². The lowest BCUT2D eigenvalue weighted by Crippen LogP contribution is -2.43. The first-order chi connectivity index (χ1) is 15.7. The number of nitrogens with zero attached hydrogens (tertiary/aromatic N) is 2. The number of carbonyl (C=O) groups is 1. The van der Waals surface area contributed by atoms with E-state index in [0.29, 0.717) is 67.7 Å². The van der Waals surface area contributed by atoms with Crippen molar-refractivity contribution < 1.29 is 19.0 Å². The molecule has 0 aromatic heterocycles. The van der Waals surface area contributed by atoms with Gasteiger partial charge in [0.2, 0.25) is 0 Å². The van der Waals surface area contributed by atoms with Crippen LogP contribution >= 0.6 is 15.9 Å². The number of rotatable bonds is 8. The molecule has 0 saturated carbocycles. The van der Waals surface area contributed by atoms with Gasteiger partial charge in [0.05, 0.1) is 37.4 Å². The van der Waals surface area contributed by atoms with Gasteiger partial charge < -0.3 is 24.8 Å². The van der Waals surface area contributed by atoms with Gasteiger partial charge in [0.25, 0.3) is 0 Å². The summed E-state index contributed by atoms with van der Waals surface area (Å²) < 4.78 is 17.6. The smallest absolute Gasteiger partial charge is 0.162 e. The van der Waals surface area contributed by atoms with E-state index < -0.39 is 5.92 Å². The quantitative estimate of drug-likeness (QED) is 0.536. The van der Waals surface area contributed by atoms with Gasteiger partial charge >= 0.3 is 0 Å². The summed E-state index contributed by atoms with van der Waals surface area (Å²) in [5.74, 6) is 0.987. The van der Waals surface area contributed by atoms with Crippen molar-refractivity contribution in [2.24, 2.45) is 11.1 Å². The average Bonchev–Trinajstić information content (AvgIpc) is 2.74. The van der Waals surface area contributed by atoms with Crippen molar-refractivity contribution >= 4 is 21.7 Å². The predicted octanol–water partition coefficient (Wildman–Crippen LogP) is 4.63. The van der Waals surface area contributed by atoms with Crippen LogP contribution in [0, 0.1) is 16.7 Å². The van der Waals surface area contributed by atoms with Crippen molar-refractivity contribution in [1.29, 1.82) is 5.26 Å². The summed E-state index contributed by atoms with van der Waals surface area (Å²) >= 11 is 3.65. The number of ether oxygens (including phenoxy) is 3. The minimum absolute atomic E-state index is 0.0349. The maximum Gasteiger partial charge on any atom is 0.162 e. The SMILES string of the molecule is CCOc1cc(Br)c([C@@H]2C(C#N)=C(N)N(CCOC)C3=C2C(=O)CC(C)(C)C3)cc1OCC. The molecular weight excluding hydrogens is 486 g/mol. The lowest BCUT2D eigenvalue weighted by molar-refractivity contribution is -0.118. The van der Waals surface area contributed by atoms with Gasteiger partial charge in [-0.1, -0.05) is 29.8 Å². The second kappa shape index (κ2) is 10.2. The highest BCUT2D eigenvalue weighted by Gasteiger charge is 2.44. The first-order valence-electron chi connectivity index (χ1n) is 11.2. The van der Waals surface area contributed by atoms with E-state index >= 15 is 0 Å². The summed E-state index contributed by atoms with van der Waals surface area (Å²) in [5.41, 5.74) is 8.98. The highest BCUT2D eigenvalue weighted by Crippen LogP contribution is 2.51. The molecule has 2 aliphatic rings. The zero-order chi connectivity index (χ0) is 24.3. The van der Waals surface area contributed by atoms with Gasteiger partial charge in [0.15, 0.2) is 17.3 Å². The second-order valence-corrected chi connectivity index (χ2v) is 9.83. The molecule has 0 amide bonds. The van der Waals surface area contributed by atoms with Gasteiger partial charge in [-0.2, -0.15) is 5.26 Å². The molecule has 8 heteroatoms. The predicted molar refractivity (Wildman–Crippen MR) is 130 cm³/mol. The summed E-state index contributed by atoms with van der Waals surface area (Å²) in [4.78, 5) is 15.4. The molecule has 0 radical (unpaired) electrons. The number of methoxy groups -OCH3 is 1. The molecule has 3 rings (SSSR count). The van der Waals surface area contributed by atoms with E-state index in [0.717, 1.165) is 15.7 Å². The molecule has 0 spiro atoms. The Bertz CT molecular complexity index is 1040. The minimum atomic E-state index is -0.586. The van der Waals surface area contributed by atoms with Gasteiger partial charge in [0, 0.05) is 35.8 Å². The molecule has 0 saturated heterocycles. The van der Waals surface area contributed by atoms with Crippen LogP contribution in [-0.4, -0.2) is 44.2 Å². The molecule has 1 aromatic carbocycles. The fraction of sp³-hybridized carbons (Fsp3) is 0.520. The molecule has 33 heavy (non-hydrogen) atoms. The number of benzene rings is 1. The van der Waals surface area contributed by atoms with Gasteiger partial charge in [0.1, 0.15) is 5.82 Å². The van der Waals surface area contributed by atoms with Crippen molar-refractivity contribution in [3.05, 3.63) is 44.8 Å². The fourth-order valence-corrected chi connectivity index (χ4v) is 5.18. The van der Waals surface area contributed by atoms with Crippen LogP contribution in [0.5, 0.6) is 11.5 Å². The Hall–Kier alpha value is -2.50. The maximum atomic E-state index is 13.5. The normalized spacial score (nSPS) is 20.0. The van der Waals surface area contributed by atoms with Gasteiger partial charge in [-0.25, -0.2) is 0 Å². The second-order valence-electron chi connectivity index (χ2n) is 8.98. The number of hydrogen-bond acceptors (Lipinski definition) is 7. The number of ketones is 1. The molecule has 7 nitrogen and oxygen atoms in total. The van der Waals surface area contributed by atoms with E-state index in [1.54, 1.807) is 7.11 Å². The topological polar surface area (TPSA) is 97.8 Å². The highest BCUT2D eigenvalue weighted by molar-refractivity contribution is 9.10. The van der Waals surface area contributed by atoms with Gasteiger partial charge in [-0.05, 0) is 43.4 Å². The Morgan fingerprint density at radius 1 is 1.21 bits per heavy atom. The molecule has 1 aliphatic heterocycles. The summed E-state index contributed by atoms with van der Waals surface area (Å²) in [6.45, 7) is 9.81. The summed E-state index contributed by atoms with van der Waals surface area (Å²) in [6.07, 6.45) is 1.09. The van der Waals surface area contributed by atoms with Crippen molar-refractivity contribution in [2.45, 2.75) is 46.5 Å². The van der Waals surface area contributed by atoms with Crippen LogP contribution in [0.1, 0.15) is 52.0 Å². The Morgan fingerprint density at radius 3 is 2.42 bits per heavy atom. The van der Waals surface area contributed by atoms with E-state index in [9.17, 15) is 10.1 Å². The first-order valence-corrected chi connectivity index (χ1v) is 12.0. The monoisotopic (exact) mass is 517 g/mol. The van der Waals surface area contributed by atoms with E-state index in [4.69, 9.17) is 19.9 Å². The molecule has 0 unspecified atom stereocenters. The van der Waals surface area contributed by atoms with E-state index in [2.05, 4.69) is 35.8 Å². The summed E-state index contributed by atoms with van der Waals surface area (Å²) in [6, 6.07) is 5.99. The van der Waals surface area contributed by atoms with E-state index in [-0.39, 0.29) is 11.2 Å². The zero-order valence-electron chi connectivity index (χ0n) is 20.0. The average molecular weight is 518 g/mol. The number of nitrogens with two attached hydrogens (primary N) is 1. The summed E-state index contributed by atoms with van der Waals surface area (Å²) in [7, 11) is 1.62.